The molecule has 1 aliphatic rings. The topological polar surface area (TPSA) is 57.7 Å². The van der Waals surface area contributed by atoms with E-state index in [9.17, 15) is 13.2 Å². The number of hydrogen-bond donors (Lipinski definition) is 0. The number of anilines is 1. The third-order valence-corrected chi connectivity index (χ3v) is 7.01. The molecule has 1 amide bonds. The van der Waals surface area contributed by atoms with Crippen molar-refractivity contribution in [2.75, 3.05) is 23.9 Å². The van der Waals surface area contributed by atoms with Crippen molar-refractivity contribution in [2.24, 2.45) is 0 Å². The molecule has 0 radical (unpaired) electrons. The number of carbonyl (C=O) groups excluding carboxylic acids is 1. The standard InChI is InChI=1S/C20H23ClN2O3S/c1-16-18(21)11-8-12-19(16)23(15-20(24)22-13-6-3-7-14-22)27(25,26)17-9-4-2-5-10-17/h2,4-5,8-12H,3,6-7,13-15H2,1H3. The first-order chi connectivity index (χ1) is 12.9. The number of rotatable bonds is 5. The number of nitrogens with zero attached hydrogens (tertiary/aromatic N) is 2. The number of likely N-dealkylation sites (tertiary alicyclic amines) is 1. The minimum Gasteiger partial charge on any atom is -0.341 e. The highest BCUT2D eigenvalue weighted by Gasteiger charge is 2.30. The summed E-state index contributed by atoms with van der Waals surface area (Å²) in [5.74, 6) is -0.186. The molecule has 3 rings (SSSR count). The minimum absolute atomic E-state index is 0.149. The van der Waals surface area contributed by atoms with Crippen molar-refractivity contribution in [1.82, 2.24) is 4.90 Å². The van der Waals surface area contributed by atoms with Crippen LogP contribution in [0.5, 0.6) is 0 Å². The molecule has 1 aliphatic heterocycles. The summed E-state index contributed by atoms with van der Waals surface area (Å²) in [4.78, 5) is 14.7. The van der Waals surface area contributed by atoms with Crippen LogP contribution in [0, 0.1) is 6.92 Å². The first kappa shape index (κ1) is 19.7. The van der Waals surface area contributed by atoms with Crippen molar-refractivity contribution in [1.29, 1.82) is 0 Å². The number of piperidine rings is 1. The normalized spacial score (nSPS) is 14.8. The van der Waals surface area contributed by atoms with Crippen LogP contribution in [0.15, 0.2) is 53.4 Å². The average molecular weight is 407 g/mol. The third kappa shape index (κ3) is 4.28. The quantitative estimate of drug-likeness (QED) is 0.757. The summed E-state index contributed by atoms with van der Waals surface area (Å²) in [5, 5.41) is 0.464. The van der Waals surface area contributed by atoms with Gasteiger partial charge in [0.05, 0.1) is 10.6 Å². The Morgan fingerprint density at radius 1 is 1.04 bits per heavy atom. The molecule has 0 aliphatic carbocycles. The molecule has 0 unspecified atom stereocenters. The predicted octanol–water partition coefficient (Wildman–Crippen LogP) is 3.86. The lowest BCUT2D eigenvalue weighted by Crippen LogP contribution is -2.45. The number of carbonyl (C=O) groups is 1. The van der Waals surface area contributed by atoms with Crippen molar-refractivity contribution >= 4 is 33.2 Å². The highest BCUT2D eigenvalue weighted by molar-refractivity contribution is 7.92. The summed E-state index contributed by atoms with van der Waals surface area (Å²) in [7, 11) is -3.90. The molecule has 0 saturated carbocycles. The SMILES string of the molecule is Cc1c(Cl)cccc1N(CC(=O)N1CCCCC1)S(=O)(=O)c1ccccc1. The van der Waals surface area contributed by atoms with Gasteiger partial charge >= 0.3 is 0 Å². The molecular weight excluding hydrogens is 384 g/mol. The highest BCUT2D eigenvalue weighted by atomic mass is 35.5. The molecule has 144 valence electrons. The Morgan fingerprint density at radius 2 is 1.70 bits per heavy atom. The van der Waals surface area contributed by atoms with Gasteiger partial charge in [0, 0.05) is 18.1 Å². The molecule has 1 heterocycles. The number of benzene rings is 2. The van der Waals surface area contributed by atoms with E-state index in [-0.39, 0.29) is 17.3 Å². The van der Waals surface area contributed by atoms with E-state index < -0.39 is 10.0 Å². The Bertz CT molecular complexity index is 910. The van der Waals surface area contributed by atoms with Gasteiger partial charge in [-0.1, -0.05) is 35.9 Å². The Labute approximate surface area is 165 Å². The van der Waals surface area contributed by atoms with Crippen molar-refractivity contribution < 1.29 is 13.2 Å². The van der Waals surface area contributed by atoms with Crippen LogP contribution in [0.1, 0.15) is 24.8 Å². The zero-order valence-corrected chi connectivity index (χ0v) is 16.8. The Hall–Kier alpha value is -2.05. The van der Waals surface area contributed by atoms with Gasteiger partial charge in [-0.05, 0) is 56.0 Å². The van der Waals surface area contributed by atoms with Gasteiger partial charge in [0.25, 0.3) is 10.0 Å². The lowest BCUT2D eigenvalue weighted by Gasteiger charge is -2.31. The van der Waals surface area contributed by atoms with Crippen molar-refractivity contribution in [3.05, 3.63) is 59.1 Å². The van der Waals surface area contributed by atoms with E-state index in [1.165, 1.54) is 16.4 Å². The van der Waals surface area contributed by atoms with Crippen LogP contribution in [0.3, 0.4) is 0 Å². The van der Waals surface area contributed by atoms with Gasteiger partial charge in [0.2, 0.25) is 5.91 Å². The van der Waals surface area contributed by atoms with E-state index in [4.69, 9.17) is 11.6 Å². The number of sulfonamides is 1. The molecule has 0 bridgehead atoms. The summed E-state index contributed by atoms with van der Waals surface area (Å²) < 4.78 is 27.8. The fraction of sp³-hybridized carbons (Fsp3) is 0.350. The van der Waals surface area contributed by atoms with E-state index in [0.29, 0.717) is 29.4 Å². The van der Waals surface area contributed by atoms with E-state index in [0.717, 1.165) is 19.3 Å². The van der Waals surface area contributed by atoms with Crippen LogP contribution in [0.2, 0.25) is 5.02 Å². The molecule has 0 atom stereocenters. The Kier molecular flexibility index (Phi) is 6.07. The van der Waals surface area contributed by atoms with Crippen molar-refractivity contribution in [3.63, 3.8) is 0 Å². The number of hydrogen-bond acceptors (Lipinski definition) is 3. The molecule has 1 fully saturated rings. The smallest absolute Gasteiger partial charge is 0.264 e. The van der Waals surface area contributed by atoms with Crippen LogP contribution in [0.4, 0.5) is 5.69 Å². The molecule has 1 saturated heterocycles. The van der Waals surface area contributed by atoms with Crippen LogP contribution in [-0.2, 0) is 14.8 Å². The Balaban J connectivity index is 2.01. The molecule has 0 aromatic heterocycles. The molecule has 7 heteroatoms. The maximum Gasteiger partial charge on any atom is 0.264 e. The molecular formula is C20H23ClN2O3S. The summed E-state index contributed by atoms with van der Waals surface area (Å²) in [5.41, 5.74) is 1.06. The lowest BCUT2D eigenvalue weighted by molar-refractivity contribution is -0.130. The van der Waals surface area contributed by atoms with Crippen LogP contribution in [0.25, 0.3) is 0 Å². The fourth-order valence-corrected chi connectivity index (χ4v) is 4.91. The zero-order chi connectivity index (χ0) is 19.4. The van der Waals surface area contributed by atoms with Gasteiger partial charge in [0.15, 0.2) is 0 Å². The first-order valence-corrected chi connectivity index (χ1v) is 10.8. The largest absolute Gasteiger partial charge is 0.341 e. The van der Waals surface area contributed by atoms with Gasteiger partial charge in [-0.25, -0.2) is 8.42 Å². The summed E-state index contributed by atoms with van der Waals surface area (Å²) in [6, 6.07) is 13.3. The fourth-order valence-electron chi connectivity index (χ4n) is 3.25. The van der Waals surface area contributed by atoms with E-state index in [2.05, 4.69) is 0 Å². The predicted molar refractivity (Wildman–Crippen MR) is 108 cm³/mol. The monoisotopic (exact) mass is 406 g/mol. The summed E-state index contributed by atoms with van der Waals surface area (Å²) in [6.07, 6.45) is 3.00. The maximum atomic E-state index is 13.3. The summed E-state index contributed by atoms with van der Waals surface area (Å²) >= 11 is 6.22. The van der Waals surface area contributed by atoms with Gasteiger partial charge in [-0.2, -0.15) is 0 Å². The lowest BCUT2D eigenvalue weighted by atomic mass is 10.1. The van der Waals surface area contributed by atoms with Crippen molar-refractivity contribution in [2.45, 2.75) is 31.1 Å². The number of amides is 1. The van der Waals surface area contributed by atoms with Gasteiger partial charge in [-0.15, -0.1) is 0 Å². The highest BCUT2D eigenvalue weighted by Crippen LogP contribution is 2.31. The van der Waals surface area contributed by atoms with Gasteiger partial charge < -0.3 is 4.90 Å². The van der Waals surface area contributed by atoms with E-state index in [1.54, 1.807) is 48.2 Å². The van der Waals surface area contributed by atoms with Gasteiger partial charge in [0.1, 0.15) is 6.54 Å². The van der Waals surface area contributed by atoms with E-state index >= 15 is 0 Å². The molecule has 5 nitrogen and oxygen atoms in total. The second kappa shape index (κ2) is 8.31. The van der Waals surface area contributed by atoms with Crippen molar-refractivity contribution in [3.8, 4) is 0 Å². The number of halogens is 1. The third-order valence-electron chi connectivity index (χ3n) is 4.83. The zero-order valence-electron chi connectivity index (χ0n) is 15.3. The molecule has 0 spiro atoms. The summed E-state index contributed by atoms with van der Waals surface area (Å²) in [6.45, 7) is 2.87. The van der Waals surface area contributed by atoms with Crippen LogP contribution < -0.4 is 4.31 Å². The van der Waals surface area contributed by atoms with Gasteiger partial charge in [-0.3, -0.25) is 9.10 Å². The molecule has 2 aromatic rings. The first-order valence-electron chi connectivity index (χ1n) is 9.02. The average Bonchev–Trinajstić information content (AvgIpc) is 2.69. The maximum absolute atomic E-state index is 13.3. The minimum atomic E-state index is -3.90. The molecule has 27 heavy (non-hydrogen) atoms. The Morgan fingerprint density at radius 3 is 2.37 bits per heavy atom. The second-order valence-electron chi connectivity index (χ2n) is 6.65. The van der Waals surface area contributed by atoms with Crippen LogP contribution in [-0.4, -0.2) is 38.9 Å². The second-order valence-corrected chi connectivity index (χ2v) is 8.92. The van der Waals surface area contributed by atoms with E-state index in [1.807, 2.05) is 0 Å². The molecule has 0 N–H and O–H groups in total. The van der Waals surface area contributed by atoms with Crippen LogP contribution >= 0.6 is 11.6 Å². The molecule has 2 aromatic carbocycles.